The van der Waals surface area contributed by atoms with Crippen LogP contribution in [-0.2, 0) is 23.1 Å². The number of aromatic nitrogens is 1. The van der Waals surface area contributed by atoms with E-state index >= 15 is 0 Å². The summed E-state index contributed by atoms with van der Waals surface area (Å²) in [5, 5.41) is 6.91. The molecule has 0 aromatic carbocycles. The van der Waals surface area contributed by atoms with Crippen LogP contribution in [0.4, 0.5) is 0 Å². The van der Waals surface area contributed by atoms with Gasteiger partial charge in [-0.3, -0.25) is 0 Å². The number of nitrogens with one attached hydrogen (secondary N) is 2. The maximum atomic E-state index is 12.1. The van der Waals surface area contributed by atoms with Crippen molar-refractivity contribution >= 4 is 10.0 Å². The van der Waals surface area contributed by atoms with Crippen molar-refractivity contribution in [2.45, 2.75) is 44.0 Å². The summed E-state index contributed by atoms with van der Waals surface area (Å²) < 4.78 is 36.9. The molecule has 0 unspecified atom stereocenters. The molecular weight excluding hydrogens is 294 g/mol. The van der Waals surface area contributed by atoms with E-state index in [0.717, 1.165) is 0 Å². The van der Waals surface area contributed by atoms with Gasteiger partial charge in [-0.1, -0.05) is 5.16 Å². The molecule has 0 amide bonds. The quantitative estimate of drug-likeness (QED) is 0.800. The van der Waals surface area contributed by atoms with Crippen molar-refractivity contribution in [3.05, 3.63) is 35.4 Å². The molecule has 1 aliphatic rings. The summed E-state index contributed by atoms with van der Waals surface area (Å²) in [4.78, 5) is 0. The van der Waals surface area contributed by atoms with Gasteiger partial charge in [-0.25, -0.2) is 13.1 Å². The average Bonchev–Trinajstić information content (AvgIpc) is 2.97. The lowest BCUT2D eigenvalue weighted by atomic mass is 10.4. The Bertz CT molecular complexity index is 715. The van der Waals surface area contributed by atoms with E-state index in [2.05, 4.69) is 15.2 Å². The van der Waals surface area contributed by atoms with Crippen LogP contribution >= 0.6 is 0 Å². The molecule has 0 aliphatic heterocycles. The summed E-state index contributed by atoms with van der Waals surface area (Å²) in [6.45, 7) is 2.36. The third kappa shape index (κ3) is 3.72. The van der Waals surface area contributed by atoms with Crippen molar-refractivity contribution < 1.29 is 17.4 Å². The van der Waals surface area contributed by atoms with Crippen LogP contribution in [0, 0.1) is 6.92 Å². The van der Waals surface area contributed by atoms with Crippen molar-refractivity contribution in [3.63, 3.8) is 0 Å². The summed E-state index contributed by atoms with van der Waals surface area (Å²) in [7, 11) is -3.68. The molecule has 21 heavy (non-hydrogen) atoms. The topological polar surface area (TPSA) is 97.4 Å². The van der Waals surface area contributed by atoms with E-state index in [1.807, 2.05) is 0 Å². The lowest BCUT2D eigenvalue weighted by Gasteiger charge is -2.02. The minimum absolute atomic E-state index is 0.0655. The predicted octanol–water partition coefficient (Wildman–Crippen LogP) is 1.31. The van der Waals surface area contributed by atoms with Gasteiger partial charge >= 0.3 is 0 Å². The Labute approximate surface area is 122 Å². The largest absolute Gasteiger partial charge is 0.447 e. The van der Waals surface area contributed by atoms with E-state index in [1.54, 1.807) is 19.1 Å². The Kier molecular flexibility index (Phi) is 3.83. The summed E-state index contributed by atoms with van der Waals surface area (Å²) >= 11 is 0. The zero-order chi connectivity index (χ0) is 14.9. The fourth-order valence-corrected chi connectivity index (χ4v) is 2.82. The molecule has 2 aromatic heterocycles. The Hall–Kier alpha value is -1.64. The monoisotopic (exact) mass is 311 g/mol. The molecular formula is C13H17N3O4S. The maximum absolute atomic E-state index is 12.1. The molecule has 3 rings (SSSR count). The van der Waals surface area contributed by atoms with Crippen molar-refractivity contribution in [1.29, 1.82) is 0 Å². The molecule has 0 bridgehead atoms. The smallest absolute Gasteiger partial charge is 0.274 e. The van der Waals surface area contributed by atoms with E-state index in [4.69, 9.17) is 8.94 Å². The Morgan fingerprint density at radius 2 is 2.14 bits per heavy atom. The van der Waals surface area contributed by atoms with E-state index < -0.39 is 10.0 Å². The van der Waals surface area contributed by atoms with Crippen molar-refractivity contribution in [2.75, 3.05) is 0 Å². The molecule has 2 heterocycles. The second-order valence-electron chi connectivity index (χ2n) is 5.13. The first-order chi connectivity index (χ1) is 10.0. The Morgan fingerprint density at radius 1 is 1.33 bits per heavy atom. The molecule has 2 N–H and O–H groups in total. The van der Waals surface area contributed by atoms with E-state index in [1.165, 1.54) is 18.9 Å². The highest BCUT2D eigenvalue weighted by Gasteiger charge is 2.22. The molecule has 0 spiro atoms. The van der Waals surface area contributed by atoms with Crippen LogP contribution in [0.3, 0.4) is 0 Å². The molecule has 0 radical (unpaired) electrons. The zero-order valence-electron chi connectivity index (χ0n) is 11.6. The first kappa shape index (κ1) is 14.3. The number of furan rings is 1. The highest BCUT2D eigenvalue weighted by Crippen LogP contribution is 2.20. The van der Waals surface area contributed by atoms with E-state index in [-0.39, 0.29) is 11.6 Å². The van der Waals surface area contributed by atoms with Gasteiger partial charge in [0.2, 0.25) is 5.09 Å². The summed E-state index contributed by atoms with van der Waals surface area (Å²) in [5.41, 5.74) is 0.526. The Morgan fingerprint density at radius 3 is 2.81 bits per heavy atom. The highest BCUT2D eigenvalue weighted by molar-refractivity contribution is 7.89. The zero-order valence-corrected chi connectivity index (χ0v) is 12.4. The number of hydrogen-bond donors (Lipinski definition) is 2. The number of rotatable bonds is 7. The van der Waals surface area contributed by atoms with Gasteiger partial charge in [0.25, 0.3) is 10.0 Å². The number of nitrogens with zero attached hydrogens (tertiary/aromatic N) is 1. The molecule has 7 nitrogen and oxygen atoms in total. The second kappa shape index (κ2) is 5.63. The van der Waals surface area contributed by atoms with Crippen molar-refractivity contribution in [1.82, 2.24) is 15.2 Å². The lowest BCUT2D eigenvalue weighted by Crippen LogP contribution is -2.23. The van der Waals surface area contributed by atoms with Crippen LogP contribution in [0.1, 0.15) is 30.1 Å². The summed E-state index contributed by atoms with van der Waals surface area (Å²) in [5.74, 6) is 1.25. The van der Waals surface area contributed by atoms with Gasteiger partial charge in [0.05, 0.1) is 18.8 Å². The minimum atomic E-state index is -3.68. The third-order valence-corrected chi connectivity index (χ3v) is 4.44. The van der Waals surface area contributed by atoms with E-state index in [0.29, 0.717) is 29.8 Å². The van der Waals surface area contributed by atoms with Crippen molar-refractivity contribution in [3.8, 4) is 0 Å². The predicted molar refractivity (Wildman–Crippen MR) is 73.8 cm³/mol. The van der Waals surface area contributed by atoms with Gasteiger partial charge in [-0.15, -0.1) is 0 Å². The first-order valence-electron chi connectivity index (χ1n) is 6.77. The van der Waals surface area contributed by atoms with Crippen LogP contribution in [-0.4, -0.2) is 19.6 Å². The van der Waals surface area contributed by atoms with Gasteiger partial charge in [-0.05, 0) is 31.9 Å². The first-order valence-corrected chi connectivity index (χ1v) is 8.25. The van der Waals surface area contributed by atoms with Gasteiger partial charge in [0.1, 0.15) is 11.5 Å². The normalized spacial score (nSPS) is 15.5. The summed E-state index contributed by atoms with van der Waals surface area (Å²) in [6.07, 6.45) is 2.34. The molecule has 1 saturated carbocycles. The summed E-state index contributed by atoms with van der Waals surface area (Å²) in [6, 6.07) is 5.35. The molecule has 1 aliphatic carbocycles. The fraction of sp³-hybridized carbons (Fsp3) is 0.462. The maximum Gasteiger partial charge on any atom is 0.274 e. The lowest BCUT2D eigenvalue weighted by molar-refractivity contribution is 0.388. The number of sulfonamides is 1. The molecule has 8 heteroatoms. The van der Waals surface area contributed by atoms with E-state index in [9.17, 15) is 8.42 Å². The standard InChI is InChI=1S/C13H17N3O4S/c1-9-6-11(16-20-9)7-15-21(17,18)13-5-4-12(19-13)8-14-10-2-3-10/h4-6,10,14-15H,2-3,7-8H2,1H3. The van der Waals surface area contributed by atoms with Gasteiger partial charge in [-0.2, -0.15) is 0 Å². The minimum Gasteiger partial charge on any atom is -0.447 e. The average molecular weight is 311 g/mol. The van der Waals surface area contributed by atoms with Gasteiger partial charge < -0.3 is 14.3 Å². The van der Waals surface area contributed by atoms with Crippen LogP contribution in [0.25, 0.3) is 0 Å². The molecule has 1 fully saturated rings. The van der Waals surface area contributed by atoms with Gasteiger partial charge in [0.15, 0.2) is 0 Å². The fourth-order valence-electron chi connectivity index (χ4n) is 1.87. The van der Waals surface area contributed by atoms with Gasteiger partial charge in [0, 0.05) is 12.1 Å². The van der Waals surface area contributed by atoms with Crippen LogP contribution in [0.5, 0.6) is 0 Å². The molecule has 0 saturated heterocycles. The molecule has 2 aromatic rings. The number of hydrogen-bond acceptors (Lipinski definition) is 6. The Balaban J connectivity index is 1.60. The van der Waals surface area contributed by atoms with Crippen LogP contribution in [0.2, 0.25) is 0 Å². The highest BCUT2D eigenvalue weighted by atomic mass is 32.2. The van der Waals surface area contributed by atoms with Crippen molar-refractivity contribution in [2.24, 2.45) is 0 Å². The van der Waals surface area contributed by atoms with Crippen LogP contribution < -0.4 is 10.0 Å². The second-order valence-corrected chi connectivity index (χ2v) is 6.83. The third-order valence-electron chi connectivity index (χ3n) is 3.16. The number of aryl methyl sites for hydroxylation is 1. The van der Waals surface area contributed by atoms with Crippen LogP contribution in [0.15, 0.2) is 32.2 Å². The molecule has 114 valence electrons. The SMILES string of the molecule is Cc1cc(CNS(=O)(=O)c2ccc(CNC3CC3)o2)no1. The molecule has 0 atom stereocenters.